The first kappa shape index (κ1) is 19.6. The molecule has 1 unspecified atom stereocenters. The maximum absolute atomic E-state index is 11.2. The normalized spacial score (nSPS) is 18.4. The van der Waals surface area contributed by atoms with Crippen molar-refractivity contribution in [2.45, 2.75) is 26.7 Å². The number of carboxylic acid groups (broad SMARTS) is 1. The molecule has 1 atom stereocenters. The van der Waals surface area contributed by atoms with Gasteiger partial charge >= 0.3 is 5.97 Å². The fourth-order valence-electron chi connectivity index (χ4n) is 3.36. The lowest BCUT2D eigenvalue weighted by molar-refractivity contribution is -0.143. The monoisotopic (exact) mass is 386 g/mol. The van der Waals surface area contributed by atoms with E-state index in [0.717, 1.165) is 41.1 Å². The molecule has 1 aromatic heterocycles. The molecule has 27 heavy (non-hydrogen) atoms. The summed E-state index contributed by atoms with van der Waals surface area (Å²) in [5, 5.41) is 15.8. The lowest BCUT2D eigenvalue weighted by atomic mass is 9.98. The highest BCUT2D eigenvalue weighted by Crippen LogP contribution is 2.21. The van der Waals surface area contributed by atoms with Crippen molar-refractivity contribution in [3.63, 3.8) is 0 Å². The molecule has 0 amide bonds. The summed E-state index contributed by atoms with van der Waals surface area (Å²) in [6, 6.07) is 10.3. The van der Waals surface area contributed by atoms with Crippen LogP contribution in [0.4, 0.5) is 0 Å². The third-order valence-corrected chi connectivity index (χ3v) is 5.93. The van der Waals surface area contributed by atoms with E-state index in [2.05, 4.69) is 47.5 Å². The van der Waals surface area contributed by atoms with E-state index in [0.29, 0.717) is 19.7 Å². The Balaban J connectivity index is 1.66. The van der Waals surface area contributed by atoms with Gasteiger partial charge in [-0.3, -0.25) is 9.69 Å². The van der Waals surface area contributed by atoms with Gasteiger partial charge in [0.2, 0.25) is 0 Å². The number of thiophene rings is 1. The van der Waals surface area contributed by atoms with Crippen LogP contribution in [0.5, 0.6) is 0 Å². The van der Waals surface area contributed by atoms with Crippen LogP contribution in [0.15, 0.2) is 40.9 Å². The van der Waals surface area contributed by atoms with Gasteiger partial charge in [0, 0.05) is 18.7 Å². The van der Waals surface area contributed by atoms with E-state index in [1.807, 2.05) is 12.1 Å². The first-order valence-electron chi connectivity index (χ1n) is 9.31. The SMILES string of the molecule is Cc1csc(/C(=N\OCCN2CCCC(C(=O)O)C2)c2ccccc2C)c1. The molecule has 3 rings (SSSR count). The van der Waals surface area contributed by atoms with Gasteiger partial charge < -0.3 is 9.94 Å². The summed E-state index contributed by atoms with van der Waals surface area (Å²) in [4.78, 5) is 20.1. The molecule has 1 fully saturated rings. The summed E-state index contributed by atoms with van der Waals surface area (Å²) < 4.78 is 0. The number of aliphatic carboxylic acids is 1. The van der Waals surface area contributed by atoms with Gasteiger partial charge in [0.15, 0.2) is 0 Å². The Morgan fingerprint density at radius 1 is 1.37 bits per heavy atom. The Labute approximate surface area is 164 Å². The van der Waals surface area contributed by atoms with Gasteiger partial charge in [0.05, 0.1) is 10.8 Å². The van der Waals surface area contributed by atoms with Crippen LogP contribution >= 0.6 is 11.3 Å². The van der Waals surface area contributed by atoms with E-state index >= 15 is 0 Å². The number of hydrogen-bond donors (Lipinski definition) is 1. The Hall–Kier alpha value is -2.18. The highest BCUT2D eigenvalue weighted by Gasteiger charge is 2.25. The molecule has 0 saturated carbocycles. The molecule has 0 spiro atoms. The molecule has 2 aromatic rings. The molecule has 0 aliphatic carbocycles. The molecule has 144 valence electrons. The first-order valence-corrected chi connectivity index (χ1v) is 10.2. The number of carbonyl (C=O) groups is 1. The minimum Gasteiger partial charge on any atom is -0.481 e. The molecule has 1 saturated heterocycles. The lowest BCUT2D eigenvalue weighted by Crippen LogP contribution is -2.40. The topological polar surface area (TPSA) is 62.1 Å². The van der Waals surface area contributed by atoms with Crippen molar-refractivity contribution < 1.29 is 14.7 Å². The quantitative estimate of drug-likeness (QED) is 0.445. The van der Waals surface area contributed by atoms with Crippen LogP contribution < -0.4 is 0 Å². The average Bonchev–Trinajstić information content (AvgIpc) is 3.09. The molecule has 1 N–H and O–H groups in total. The molecule has 1 aliphatic rings. The predicted molar refractivity (Wildman–Crippen MR) is 109 cm³/mol. The molecule has 5 nitrogen and oxygen atoms in total. The summed E-state index contributed by atoms with van der Waals surface area (Å²) in [5.74, 6) is -0.965. The Morgan fingerprint density at radius 2 is 2.19 bits per heavy atom. The van der Waals surface area contributed by atoms with Crippen LogP contribution in [-0.4, -0.2) is 47.9 Å². The zero-order chi connectivity index (χ0) is 19.2. The predicted octanol–water partition coefficient (Wildman–Crippen LogP) is 3.93. The van der Waals surface area contributed by atoms with E-state index < -0.39 is 5.97 Å². The number of piperidine rings is 1. The van der Waals surface area contributed by atoms with Crippen LogP contribution in [0.2, 0.25) is 0 Å². The van der Waals surface area contributed by atoms with Crippen LogP contribution in [-0.2, 0) is 9.63 Å². The van der Waals surface area contributed by atoms with Crippen molar-refractivity contribution in [3.05, 3.63) is 57.3 Å². The smallest absolute Gasteiger partial charge is 0.307 e. The molecule has 0 radical (unpaired) electrons. The summed E-state index contributed by atoms with van der Waals surface area (Å²) in [7, 11) is 0. The number of likely N-dealkylation sites (tertiary alicyclic amines) is 1. The van der Waals surface area contributed by atoms with Gasteiger partial charge in [0.25, 0.3) is 0 Å². The van der Waals surface area contributed by atoms with Gasteiger partial charge in [-0.15, -0.1) is 11.3 Å². The Kier molecular flexibility index (Phi) is 6.63. The Bertz CT molecular complexity index is 815. The second kappa shape index (κ2) is 9.15. The minimum absolute atomic E-state index is 0.265. The zero-order valence-electron chi connectivity index (χ0n) is 15.9. The van der Waals surface area contributed by atoms with Crippen molar-refractivity contribution in [3.8, 4) is 0 Å². The highest BCUT2D eigenvalue weighted by molar-refractivity contribution is 7.12. The Morgan fingerprint density at radius 3 is 2.89 bits per heavy atom. The summed E-state index contributed by atoms with van der Waals surface area (Å²) in [6.45, 7) is 6.81. The third kappa shape index (κ3) is 5.17. The molecular weight excluding hydrogens is 360 g/mol. The summed E-state index contributed by atoms with van der Waals surface area (Å²) >= 11 is 1.66. The maximum atomic E-state index is 11.2. The van der Waals surface area contributed by atoms with Gasteiger partial charge in [-0.05, 0) is 55.8 Å². The van der Waals surface area contributed by atoms with Crippen molar-refractivity contribution in [2.24, 2.45) is 11.1 Å². The number of carboxylic acids is 1. The second-order valence-corrected chi connectivity index (χ2v) is 7.97. The fourth-order valence-corrected chi connectivity index (χ4v) is 4.25. The average molecular weight is 387 g/mol. The van der Waals surface area contributed by atoms with E-state index in [-0.39, 0.29) is 5.92 Å². The minimum atomic E-state index is -0.700. The van der Waals surface area contributed by atoms with Gasteiger partial charge in [-0.1, -0.05) is 29.4 Å². The zero-order valence-corrected chi connectivity index (χ0v) is 16.7. The van der Waals surface area contributed by atoms with Crippen molar-refractivity contribution >= 4 is 23.0 Å². The van der Waals surface area contributed by atoms with Crippen molar-refractivity contribution in [2.75, 3.05) is 26.2 Å². The van der Waals surface area contributed by atoms with Crippen molar-refractivity contribution in [1.82, 2.24) is 4.90 Å². The molecular formula is C21H26N2O3S. The first-order chi connectivity index (χ1) is 13.0. The summed E-state index contributed by atoms with van der Waals surface area (Å²) in [5.41, 5.74) is 4.30. The molecule has 1 aliphatic heterocycles. The van der Waals surface area contributed by atoms with E-state index in [1.54, 1.807) is 11.3 Å². The maximum Gasteiger partial charge on any atom is 0.307 e. The third-order valence-electron chi connectivity index (χ3n) is 4.87. The largest absolute Gasteiger partial charge is 0.481 e. The number of hydrogen-bond acceptors (Lipinski definition) is 5. The summed E-state index contributed by atoms with van der Waals surface area (Å²) in [6.07, 6.45) is 1.68. The van der Waals surface area contributed by atoms with E-state index in [4.69, 9.17) is 4.84 Å². The lowest BCUT2D eigenvalue weighted by Gasteiger charge is -2.29. The van der Waals surface area contributed by atoms with Gasteiger partial charge in [-0.2, -0.15) is 0 Å². The van der Waals surface area contributed by atoms with Crippen LogP contribution in [0.25, 0.3) is 0 Å². The van der Waals surface area contributed by atoms with Crippen LogP contribution in [0.1, 0.15) is 34.4 Å². The van der Waals surface area contributed by atoms with Crippen molar-refractivity contribution in [1.29, 1.82) is 0 Å². The highest BCUT2D eigenvalue weighted by atomic mass is 32.1. The number of nitrogens with zero attached hydrogens (tertiary/aromatic N) is 2. The van der Waals surface area contributed by atoms with Gasteiger partial charge in [-0.25, -0.2) is 0 Å². The number of oxime groups is 1. The molecule has 0 bridgehead atoms. The molecule has 2 heterocycles. The molecule has 1 aromatic carbocycles. The van der Waals surface area contributed by atoms with Gasteiger partial charge in [0.1, 0.15) is 12.3 Å². The van der Waals surface area contributed by atoms with Crippen LogP contribution in [0, 0.1) is 19.8 Å². The standard InChI is InChI=1S/C21H26N2O3S/c1-15-12-19(27-14-15)20(18-8-4-3-6-16(18)2)22-26-11-10-23-9-5-7-17(13-23)21(24)25/h3-4,6,8,12,14,17H,5,7,9-11,13H2,1-2H3,(H,24,25)/b22-20-. The number of benzene rings is 1. The van der Waals surface area contributed by atoms with E-state index in [1.165, 1.54) is 5.56 Å². The molecule has 6 heteroatoms. The fraction of sp³-hybridized carbons (Fsp3) is 0.429. The second-order valence-electron chi connectivity index (χ2n) is 7.05. The van der Waals surface area contributed by atoms with Crippen LogP contribution in [0.3, 0.4) is 0 Å². The number of rotatable bonds is 7. The number of aryl methyl sites for hydroxylation is 2. The van der Waals surface area contributed by atoms with E-state index in [9.17, 15) is 9.90 Å².